The van der Waals surface area contributed by atoms with Gasteiger partial charge in [-0.25, -0.2) is 4.39 Å². The second-order valence-electron chi connectivity index (χ2n) is 6.01. The maximum atomic E-state index is 13.7. The summed E-state index contributed by atoms with van der Waals surface area (Å²) in [4.78, 5) is 25.0. The lowest BCUT2D eigenvalue weighted by Gasteiger charge is -2.14. The molecule has 26 heavy (non-hydrogen) atoms. The Balaban J connectivity index is 1.80. The zero-order valence-corrected chi connectivity index (χ0v) is 14.3. The van der Waals surface area contributed by atoms with Crippen molar-refractivity contribution in [2.45, 2.75) is 12.8 Å². The number of benzene rings is 3. The predicted molar refractivity (Wildman–Crippen MR) is 99.8 cm³/mol. The first kappa shape index (κ1) is 17.5. The van der Waals surface area contributed by atoms with E-state index in [1.165, 1.54) is 12.1 Å². The van der Waals surface area contributed by atoms with Gasteiger partial charge in [0.1, 0.15) is 5.82 Å². The molecule has 1 N–H and O–H groups in total. The van der Waals surface area contributed by atoms with Crippen LogP contribution in [-0.4, -0.2) is 11.7 Å². The number of nitrogens with one attached hydrogen (secondary N) is 1. The van der Waals surface area contributed by atoms with E-state index in [0.717, 1.165) is 0 Å². The molecule has 0 aromatic heterocycles. The molecular formula is C22H18FNO2. The van der Waals surface area contributed by atoms with Gasteiger partial charge in [-0.3, -0.25) is 9.59 Å². The monoisotopic (exact) mass is 347 g/mol. The van der Waals surface area contributed by atoms with Crippen molar-refractivity contribution in [2.24, 2.45) is 0 Å². The molecule has 0 saturated heterocycles. The molecule has 0 radical (unpaired) electrons. The summed E-state index contributed by atoms with van der Waals surface area (Å²) in [6.07, 6.45) is 0. The van der Waals surface area contributed by atoms with Crippen LogP contribution in [0.4, 0.5) is 10.1 Å². The number of para-hydroxylation sites is 1. The van der Waals surface area contributed by atoms with Crippen molar-refractivity contribution in [2.75, 3.05) is 5.32 Å². The number of hydrogen-bond acceptors (Lipinski definition) is 2. The van der Waals surface area contributed by atoms with Crippen LogP contribution in [-0.2, 0) is 4.79 Å². The van der Waals surface area contributed by atoms with Crippen molar-refractivity contribution in [1.82, 2.24) is 0 Å². The van der Waals surface area contributed by atoms with E-state index in [2.05, 4.69) is 5.32 Å². The summed E-state index contributed by atoms with van der Waals surface area (Å²) in [6.45, 7) is 1.72. The number of hydrogen-bond donors (Lipinski definition) is 1. The fourth-order valence-corrected chi connectivity index (χ4v) is 2.66. The van der Waals surface area contributed by atoms with E-state index in [9.17, 15) is 14.0 Å². The van der Waals surface area contributed by atoms with Gasteiger partial charge in [0.05, 0.1) is 11.6 Å². The minimum absolute atomic E-state index is 0.103. The van der Waals surface area contributed by atoms with Gasteiger partial charge in [0.2, 0.25) is 5.91 Å². The predicted octanol–water partition coefficient (Wildman–Crippen LogP) is 4.80. The van der Waals surface area contributed by atoms with Crippen LogP contribution in [0.5, 0.6) is 0 Å². The van der Waals surface area contributed by atoms with Gasteiger partial charge in [0.15, 0.2) is 5.78 Å². The van der Waals surface area contributed by atoms with Crippen molar-refractivity contribution in [3.8, 4) is 0 Å². The van der Waals surface area contributed by atoms with Gasteiger partial charge in [0, 0.05) is 11.1 Å². The van der Waals surface area contributed by atoms with Crippen molar-refractivity contribution in [1.29, 1.82) is 0 Å². The van der Waals surface area contributed by atoms with Crippen LogP contribution in [0.25, 0.3) is 0 Å². The molecule has 1 atom stereocenters. The second-order valence-corrected chi connectivity index (χ2v) is 6.01. The normalized spacial score (nSPS) is 11.6. The molecule has 3 rings (SSSR count). The standard InChI is InChI=1S/C22H18FNO2/c1-15(22(26)24-20-13-6-5-12-19(20)23)17-10-7-11-18(14-17)21(25)16-8-3-2-4-9-16/h2-15H,1H3,(H,24,26)/t15-/m1/s1. The molecular weight excluding hydrogens is 329 g/mol. The number of carbonyl (C=O) groups is 2. The Labute approximate surface area is 151 Å². The largest absolute Gasteiger partial charge is 0.323 e. The van der Waals surface area contributed by atoms with Crippen LogP contribution >= 0.6 is 0 Å². The highest BCUT2D eigenvalue weighted by molar-refractivity contribution is 6.09. The minimum Gasteiger partial charge on any atom is -0.323 e. The highest BCUT2D eigenvalue weighted by Crippen LogP contribution is 2.21. The average molecular weight is 347 g/mol. The lowest BCUT2D eigenvalue weighted by molar-refractivity contribution is -0.117. The van der Waals surface area contributed by atoms with Gasteiger partial charge in [-0.2, -0.15) is 0 Å². The Morgan fingerprint density at radius 3 is 2.23 bits per heavy atom. The first-order chi connectivity index (χ1) is 12.6. The van der Waals surface area contributed by atoms with Gasteiger partial charge in [-0.1, -0.05) is 60.7 Å². The number of amides is 1. The van der Waals surface area contributed by atoms with E-state index in [4.69, 9.17) is 0 Å². The first-order valence-electron chi connectivity index (χ1n) is 8.31. The molecule has 1 amide bonds. The Hall–Kier alpha value is -3.27. The Bertz CT molecular complexity index is 938. The van der Waals surface area contributed by atoms with Gasteiger partial charge in [0.25, 0.3) is 0 Å². The Kier molecular flexibility index (Phi) is 5.23. The summed E-state index contributed by atoms with van der Waals surface area (Å²) < 4.78 is 13.7. The molecule has 0 unspecified atom stereocenters. The lowest BCUT2D eigenvalue weighted by atomic mass is 9.95. The van der Waals surface area contributed by atoms with Crippen LogP contribution in [0, 0.1) is 5.82 Å². The molecule has 0 bridgehead atoms. The number of anilines is 1. The van der Waals surface area contributed by atoms with Crippen molar-refractivity contribution < 1.29 is 14.0 Å². The van der Waals surface area contributed by atoms with E-state index in [1.807, 2.05) is 18.2 Å². The molecule has 3 nitrogen and oxygen atoms in total. The molecule has 0 spiro atoms. The zero-order valence-electron chi connectivity index (χ0n) is 14.3. The molecule has 0 fully saturated rings. The number of ketones is 1. The van der Waals surface area contributed by atoms with Crippen LogP contribution in [0.3, 0.4) is 0 Å². The molecule has 0 heterocycles. The third-order valence-electron chi connectivity index (χ3n) is 4.21. The Morgan fingerprint density at radius 1 is 0.846 bits per heavy atom. The summed E-state index contributed by atoms with van der Waals surface area (Å²) >= 11 is 0. The molecule has 0 aliphatic heterocycles. The number of rotatable bonds is 5. The van der Waals surface area contributed by atoms with Gasteiger partial charge < -0.3 is 5.32 Å². The van der Waals surface area contributed by atoms with Crippen molar-refractivity contribution in [3.05, 3.63) is 101 Å². The SMILES string of the molecule is C[C@@H](C(=O)Nc1ccccc1F)c1cccc(C(=O)c2ccccc2)c1. The van der Waals surface area contributed by atoms with E-state index in [-0.39, 0.29) is 17.4 Å². The first-order valence-corrected chi connectivity index (χ1v) is 8.31. The quantitative estimate of drug-likeness (QED) is 0.674. The van der Waals surface area contributed by atoms with Crippen LogP contribution in [0.2, 0.25) is 0 Å². The third kappa shape index (κ3) is 3.86. The Morgan fingerprint density at radius 2 is 1.50 bits per heavy atom. The second kappa shape index (κ2) is 7.74. The van der Waals surface area contributed by atoms with Gasteiger partial charge in [-0.15, -0.1) is 0 Å². The zero-order chi connectivity index (χ0) is 18.5. The molecule has 4 heteroatoms. The molecule has 0 aliphatic rings. The minimum atomic E-state index is -0.530. The van der Waals surface area contributed by atoms with Crippen molar-refractivity contribution in [3.63, 3.8) is 0 Å². The van der Waals surface area contributed by atoms with E-state index in [1.54, 1.807) is 55.5 Å². The third-order valence-corrected chi connectivity index (χ3v) is 4.21. The topological polar surface area (TPSA) is 46.2 Å². The summed E-state index contributed by atoms with van der Waals surface area (Å²) in [6, 6.07) is 22.0. The van der Waals surface area contributed by atoms with Crippen LogP contribution in [0.15, 0.2) is 78.9 Å². The average Bonchev–Trinajstić information content (AvgIpc) is 2.69. The van der Waals surface area contributed by atoms with Crippen molar-refractivity contribution >= 4 is 17.4 Å². The maximum absolute atomic E-state index is 13.7. The van der Waals surface area contributed by atoms with Gasteiger partial charge in [-0.05, 0) is 30.7 Å². The highest BCUT2D eigenvalue weighted by Gasteiger charge is 2.18. The molecule has 3 aromatic carbocycles. The fraction of sp³-hybridized carbons (Fsp3) is 0.0909. The maximum Gasteiger partial charge on any atom is 0.231 e. The van der Waals surface area contributed by atoms with E-state index < -0.39 is 11.7 Å². The van der Waals surface area contributed by atoms with Gasteiger partial charge >= 0.3 is 0 Å². The highest BCUT2D eigenvalue weighted by atomic mass is 19.1. The van der Waals surface area contributed by atoms with Crippen LogP contribution in [0.1, 0.15) is 34.3 Å². The van der Waals surface area contributed by atoms with Crippen LogP contribution < -0.4 is 5.32 Å². The molecule has 130 valence electrons. The van der Waals surface area contributed by atoms with E-state index in [0.29, 0.717) is 16.7 Å². The smallest absolute Gasteiger partial charge is 0.231 e. The fourth-order valence-electron chi connectivity index (χ4n) is 2.66. The summed E-state index contributed by atoms with van der Waals surface area (Å²) in [5.74, 6) is -1.45. The summed E-state index contributed by atoms with van der Waals surface area (Å²) in [5, 5.41) is 2.59. The number of carbonyl (C=O) groups excluding carboxylic acids is 2. The number of halogens is 1. The summed E-state index contributed by atoms with van der Waals surface area (Å²) in [7, 11) is 0. The molecule has 0 saturated carbocycles. The molecule has 3 aromatic rings. The lowest BCUT2D eigenvalue weighted by Crippen LogP contribution is -2.19. The molecule has 0 aliphatic carbocycles. The summed E-state index contributed by atoms with van der Waals surface area (Å²) in [5.41, 5.74) is 1.94. The van der Waals surface area contributed by atoms with E-state index >= 15 is 0 Å².